The number of hydrogen-bond acceptors (Lipinski definition) is 11. The molecule has 1 aliphatic carbocycles. The Morgan fingerprint density at radius 2 is 1.17 bits per heavy atom. The number of carboxylic acid groups (broad SMARTS) is 2. The molecule has 0 bridgehead atoms. The summed E-state index contributed by atoms with van der Waals surface area (Å²) in [6.07, 6.45) is 16.3. The molecule has 1 fully saturated rings. The number of aliphatic carboxylic acids is 2. The molecule has 1 rings (SSSR count). The third kappa shape index (κ3) is 28.0. The Morgan fingerprint density at radius 3 is 1.70 bits per heavy atom. The van der Waals surface area contributed by atoms with E-state index < -0.39 is 41.6 Å². The van der Waals surface area contributed by atoms with Gasteiger partial charge in [-0.1, -0.05) is 80.1 Å². The normalized spacial score (nSPS) is 15.4. The highest BCUT2D eigenvalue weighted by molar-refractivity contribution is 9.09. The van der Waals surface area contributed by atoms with E-state index in [1.165, 1.54) is 38.5 Å². The second-order valence-electron chi connectivity index (χ2n) is 15.3. The molecule has 0 aromatic rings. The second-order valence-corrected chi connectivity index (χ2v) is 15.8. The van der Waals surface area contributed by atoms with Crippen LogP contribution in [0.1, 0.15) is 128 Å². The van der Waals surface area contributed by atoms with Gasteiger partial charge in [-0.15, -0.1) is 0 Å². The number of halogens is 1. The van der Waals surface area contributed by atoms with Crippen molar-refractivity contribution in [2.45, 2.75) is 134 Å². The van der Waals surface area contributed by atoms with Gasteiger partial charge in [0, 0.05) is 57.9 Å². The molecule has 0 radical (unpaired) electrons. The Hall–Kier alpha value is -3.68. The lowest BCUT2D eigenvalue weighted by atomic mass is 9.81. The number of unbranched alkanes of at least 4 members (excludes halogenated alkanes) is 11. The Morgan fingerprint density at radius 1 is 0.650 bits per heavy atom. The fourth-order valence-electron chi connectivity index (χ4n) is 6.78. The van der Waals surface area contributed by atoms with Gasteiger partial charge in [-0.05, 0) is 50.9 Å². The third-order valence-corrected chi connectivity index (χ3v) is 10.8. The minimum Gasteiger partial charge on any atom is -0.481 e. The Bertz CT molecular complexity index is 1300. The molecule has 1 unspecified atom stereocenters. The number of hydrogen-bond donors (Lipinski definition) is 7. The lowest BCUT2D eigenvalue weighted by Crippen LogP contribution is -2.45. The first kappa shape index (κ1) is 54.3. The highest BCUT2D eigenvalue weighted by Gasteiger charge is 2.30. The Balaban J connectivity index is 2.10. The highest BCUT2D eigenvalue weighted by Crippen LogP contribution is 2.29. The number of nitrogens with zero attached hydrogens (tertiary/aromatic N) is 1. The third-order valence-electron chi connectivity index (χ3n) is 10.3. The first-order chi connectivity index (χ1) is 28.9. The molecule has 6 amide bonds. The molecule has 8 N–H and O–H groups in total. The van der Waals surface area contributed by atoms with Crippen LogP contribution in [-0.2, 0) is 47.8 Å². The zero-order valence-corrected chi connectivity index (χ0v) is 36.9. The van der Waals surface area contributed by atoms with E-state index in [0.717, 1.165) is 56.3 Å². The van der Waals surface area contributed by atoms with Crippen molar-refractivity contribution >= 4 is 63.3 Å². The highest BCUT2D eigenvalue weighted by atomic mass is 79.9. The van der Waals surface area contributed by atoms with Crippen molar-refractivity contribution in [2.24, 2.45) is 17.6 Å². The smallest absolute Gasteiger partial charge is 0.326 e. The van der Waals surface area contributed by atoms with E-state index in [2.05, 4.69) is 37.2 Å². The van der Waals surface area contributed by atoms with Gasteiger partial charge in [0.15, 0.2) is 0 Å². The summed E-state index contributed by atoms with van der Waals surface area (Å²) < 4.78 is 10.5. The average Bonchev–Trinajstić information content (AvgIpc) is 3.22. The number of ether oxygens (including phenoxy) is 2. The van der Waals surface area contributed by atoms with Crippen molar-refractivity contribution < 1.29 is 58.0 Å². The molecule has 0 aliphatic heterocycles. The van der Waals surface area contributed by atoms with Crippen molar-refractivity contribution in [3.8, 4) is 0 Å². The Kier molecular flexibility index (Phi) is 31.7. The minimum absolute atomic E-state index is 0.0234. The number of nitrogens with two attached hydrogens (primary N) is 1. The number of carboxylic acids is 2. The van der Waals surface area contributed by atoms with E-state index in [4.69, 9.17) is 20.3 Å². The molecule has 0 spiro atoms. The molecule has 0 heterocycles. The molecule has 1 atom stereocenters. The molecular weight excluding hydrogens is 848 g/mol. The summed E-state index contributed by atoms with van der Waals surface area (Å²) in [5, 5.41) is 29.1. The maximum absolute atomic E-state index is 12.9. The van der Waals surface area contributed by atoms with Crippen LogP contribution in [0.4, 0.5) is 0 Å². The number of carbonyl (C=O) groups excluding carboxylic acids is 6. The van der Waals surface area contributed by atoms with Crippen LogP contribution in [0.15, 0.2) is 0 Å². The summed E-state index contributed by atoms with van der Waals surface area (Å²) >= 11 is 3.01. The van der Waals surface area contributed by atoms with E-state index >= 15 is 0 Å². The van der Waals surface area contributed by atoms with Gasteiger partial charge in [-0.2, -0.15) is 0 Å². The maximum Gasteiger partial charge on any atom is 0.326 e. The lowest BCUT2D eigenvalue weighted by molar-refractivity contribution is -0.146. The molecule has 0 saturated heterocycles. The van der Waals surface area contributed by atoms with E-state index in [-0.39, 0.29) is 101 Å². The van der Waals surface area contributed by atoms with Gasteiger partial charge in [0.25, 0.3) is 5.91 Å². The maximum atomic E-state index is 12.9. The molecule has 344 valence electrons. The van der Waals surface area contributed by atoms with Crippen LogP contribution < -0.4 is 27.0 Å². The van der Waals surface area contributed by atoms with Gasteiger partial charge in [-0.25, -0.2) is 4.79 Å². The number of imide groups is 1. The van der Waals surface area contributed by atoms with Crippen LogP contribution in [0.3, 0.4) is 0 Å². The van der Waals surface area contributed by atoms with Crippen LogP contribution >= 0.6 is 15.9 Å². The van der Waals surface area contributed by atoms with Crippen LogP contribution in [0, 0.1) is 11.8 Å². The van der Waals surface area contributed by atoms with Crippen molar-refractivity contribution in [1.82, 2.24) is 26.2 Å². The zero-order chi connectivity index (χ0) is 44.4. The van der Waals surface area contributed by atoms with E-state index in [0.29, 0.717) is 25.8 Å². The second kappa shape index (κ2) is 35.0. The van der Waals surface area contributed by atoms with Gasteiger partial charge >= 0.3 is 11.9 Å². The van der Waals surface area contributed by atoms with E-state index in [9.17, 15) is 43.5 Å². The minimum atomic E-state index is -1.23. The first-order valence-electron chi connectivity index (χ1n) is 21.7. The standard InChI is InChI=1S/C41H71BrN6O12/c42-27-37(52)48(24-21-43)38(53)30-60-26-23-45-36(51)29-59-25-22-44-35(50)20-19-33(41(57)58)47-40(56)32-17-15-31(16-18-32)28-46-34(49)13-11-9-7-5-3-1-2-4-6-8-10-12-14-39(54)55/h31-33H,1-30,43H2,(H,44,50)(H,45,51)(H,46,49)(H,47,56)(H,54,55)(H,57,58). The topological polar surface area (TPSA) is 273 Å². The van der Waals surface area contributed by atoms with E-state index in [1.54, 1.807) is 0 Å². The SMILES string of the molecule is NCCN(C(=O)CBr)C(=O)COCCNC(=O)COCCNC(=O)CCC(NC(=O)C1CCC(CNC(=O)CCCCCCCCCCCCCCC(=O)O)CC1)C(=O)O. The number of alkyl halides is 1. The quantitative estimate of drug-likeness (QED) is 0.0353. The summed E-state index contributed by atoms with van der Waals surface area (Å²) in [4.78, 5) is 96.8. The Labute approximate surface area is 363 Å². The predicted molar refractivity (Wildman–Crippen MR) is 227 cm³/mol. The van der Waals surface area contributed by atoms with Crippen molar-refractivity contribution in [1.29, 1.82) is 0 Å². The van der Waals surface area contributed by atoms with Crippen LogP contribution in [-0.4, -0.2) is 133 Å². The number of nitrogens with one attached hydrogen (secondary N) is 4. The molecule has 18 nitrogen and oxygen atoms in total. The fraction of sp³-hybridized carbons (Fsp3) is 0.805. The monoisotopic (exact) mass is 918 g/mol. The van der Waals surface area contributed by atoms with Crippen LogP contribution in [0.5, 0.6) is 0 Å². The summed E-state index contributed by atoms with van der Waals surface area (Å²) in [6, 6.07) is -1.22. The summed E-state index contributed by atoms with van der Waals surface area (Å²) in [5.74, 6) is -4.15. The van der Waals surface area contributed by atoms with Crippen LogP contribution in [0.25, 0.3) is 0 Å². The first-order valence-corrected chi connectivity index (χ1v) is 22.8. The molecule has 1 aliphatic rings. The van der Waals surface area contributed by atoms with Crippen molar-refractivity contribution in [3.05, 3.63) is 0 Å². The van der Waals surface area contributed by atoms with Gasteiger partial charge in [0.1, 0.15) is 19.3 Å². The predicted octanol–water partition coefficient (Wildman–Crippen LogP) is 2.78. The molecule has 0 aromatic heterocycles. The largest absolute Gasteiger partial charge is 0.481 e. The van der Waals surface area contributed by atoms with Gasteiger partial charge in [-0.3, -0.25) is 38.5 Å². The fourth-order valence-corrected chi connectivity index (χ4v) is 7.09. The number of rotatable bonds is 36. The van der Waals surface area contributed by atoms with Gasteiger partial charge in [0.2, 0.25) is 29.5 Å². The van der Waals surface area contributed by atoms with Crippen LogP contribution in [0.2, 0.25) is 0 Å². The molecule has 19 heteroatoms. The van der Waals surface area contributed by atoms with E-state index in [1.807, 2.05) is 0 Å². The summed E-state index contributed by atoms with van der Waals surface area (Å²) in [5.41, 5.74) is 5.43. The average molecular weight is 920 g/mol. The number of amides is 6. The zero-order valence-electron chi connectivity index (χ0n) is 35.3. The van der Waals surface area contributed by atoms with Gasteiger partial charge in [0.05, 0.1) is 18.5 Å². The van der Waals surface area contributed by atoms with Gasteiger partial charge < -0.3 is 46.7 Å². The lowest BCUT2D eigenvalue weighted by Gasteiger charge is -2.28. The summed E-state index contributed by atoms with van der Waals surface area (Å²) in [7, 11) is 0. The number of carbonyl (C=O) groups is 8. The van der Waals surface area contributed by atoms with Crippen molar-refractivity contribution in [3.63, 3.8) is 0 Å². The molecule has 0 aromatic carbocycles. The van der Waals surface area contributed by atoms with Crippen molar-refractivity contribution in [2.75, 3.05) is 64.5 Å². The molecule has 1 saturated carbocycles. The molecule has 60 heavy (non-hydrogen) atoms. The summed E-state index contributed by atoms with van der Waals surface area (Å²) in [6.45, 7) is 0.368. The molecular formula is C41H71BrN6O12.